The minimum Gasteiger partial charge on any atom is -0.271 e. The highest BCUT2D eigenvalue weighted by Gasteiger charge is 2.27. The molecule has 2 rings (SSSR count). The molecule has 1 aromatic heterocycles. The van der Waals surface area contributed by atoms with Gasteiger partial charge in [-0.25, -0.2) is 0 Å². The fraction of sp³-hybridized carbons (Fsp3) is 0.667. The van der Waals surface area contributed by atoms with Crippen LogP contribution in [0.4, 0.5) is 0 Å². The molecular formula is C12H19ClN2S. The van der Waals surface area contributed by atoms with Crippen molar-refractivity contribution in [3.05, 3.63) is 21.3 Å². The molecule has 4 heteroatoms. The summed E-state index contributed by atoms with van der Waals surface area (Å²) in [6, 6.07) is 4.33. The topological polar surface area (TPSA) is 38.0 Å². The normalized spacial score (nSPS) is 27.9. The van der Waals surface area contributed by atoms with E-state index in [1.165, 1.54) is 30.6 Å². The number of hydrazine groups is 1. The number of nitrogens with one attached hydrogen (secondary N) is 1. The van der Waals surface area contributed by atoms with Crippen molar-refractivity contribution in [3.63, 3.8) is 0 Å². The molecule has 0 spiro atoms. The summed E-state index contributed by atoms with van der Waals surface area (Å²) in [6.07, 6.45) is 5.18. The molecule has 1 saturated carbocycles. The van der Waals surface area contributed by atoms with E-state index in [1.807, 2.05) is 6.07 Å². The molecule has 1 unspecified atom stereocenters. The molecule has 0 radical (unpaired) electrons. The Labute approximate surface area is 106 Å². The fourth-order valence-electron chi connectivity index (χ4n) is 2.57. The van der Waals surface area contributed by atoms with Crippen molar-refractivity contribution in [3.8, 4) is 0 Å². The third kappa shape index (κ3) is 2.77. The number of nitrogens with two attached hydrogens (primary N) is 1. The third-order valence-electron chi connectivity index (χ3n) is 3.61. The van der Waals surface area contributed by atoms with Crippen LogP contribution in [0, 0.1) is 11.8 Å². The second-order valence-electron chi connectivity index (χ2n) is 4.81. The maximum absolute atomic E-state index is 5.97. The van der Waals surface area contributed by atoms with E-state index in [-0.39, 0.29) is 6.04 Å². The average molecular weight is 259 g/mol. The van der Waals surface area contributed by atoms with Crippen LogP contribution in [0.25, 0.3) is 0 Å². The van der Waals surface area contributed by atoms with Crippen LogP contribution in [-0.4, -0.2) is 0 Å². The van der Waals surface area contributed by atoms with Gasteiger partial charge in [-0.1, -0.05) is 31.4 Å². The lowest BCUT2D eigenvalue weighted by Crippen LogP contribution is -2.34. The summed E-state index contributed by atoms with van der Waals surface area (Å²) in [6.45, 7) is 2.34. The molecule has 90 valence electrons. The zero-order valence-electron chi connectivity index (χ0n) is 9.58. The minimum absolute atomic E-state index is 0.282. The Bertz CT molecular complexity index is 332. The smallest absolute Gasteiger partial charge is 0.0931 e. The van der Waals surface area contributed by atoms with Gasteiger partial charge in [0.2, 0.25) is 0 Å². The van der Waals surface area contributed by atoms with Crippen LogP contribution >= 0.6 is 22.9 Å². The Morgan fingerprint density at radius 3 is 2.56 bits per heavy atom. The number of hydrogen-bond donors (Lipinski definition) is 2. The number of halogens is 1. The van der Waals surface area contributed by atoms with E-state index in [4.69, 9.17) is 17.4 Å². The van der Waals surface area contributed by atoms with E-state index >= 15 is 0 Å². The van der Waals surface area contributed by atoms with Crippen molar-refractivity contribution in [2.75, 3.05) is 0 Å². The number of hydrogen-bond acceptors (Lipinski definition) is 3. The summed E-state index contributed by atoms with van der Waals surface area (Å²) in [5.74, 6) is 7.23. The van der Waals surface area contributed by atoms with Crippen molar-refractivity contribution in [2.24, 2.45) is 17.7 Å². The maximum Gasteiger partial charge on any atom is 0.0931 e. The lowest BCUT2D eigenvalue weighted by Gasteiger charge is -2.31. The standard InChI is InChI=1S/C12H19ClN2S/c1-8-2-4-9(5-3-8)12(15-14)10-6-7-11(13)16-10/h6-9,12,15H,2-5,14H2,1H3. The van der Waals surface area contributed by atoms with Gasteiger partial charge in [-0.2, -0.15) is 0 Å². The first kappa shape index (κ1) is 12.4. The van der Waals surface area contributed by atoms with E-state index in [9.17, 15) is 0 Å². The summed E-state index contributed by atoms with van der Waals surface area (Å²) in [5.41, 5.74) is 2.97. The first-order valence-electron chi connectivity index (χ1n) is 5.92. The number of rotatable bonds is 3. The average Bonchev–Trinajstić information content (AvgIpc) is 2.69. The summed E-state index contributed by atoms with van der Waals surface area (Å²) in [7, 11) is 0. The van der Waals surface area contributed by atoms with E-state index in [2.05, 4.69) is 18.4 Å². The van der Waals surface area contributed by atoms with Crippen LogP contribution < -0.4 is 11.3 Å². The first-order valence-corrected chi connectivity index (χ1v) is 7.11. The van der Waals surface area contributed by atoms with Crippen molar-refractivity contribution in [1.29, 1.82) is 0 Å². The molecule has 0 bridgehead atoms. The Kier molecular flexibility index (Phi) is 4.25. The predicted molar refractivity (Wildman–Crippen MR) is 70.5 cm³/mol. The molecule has 0 amide bonds. The van der Waals surface area contributed by atoms with Crippen LogP contribution in [-0.2, 0) is 0 Å². The van der Waals surface area contributed by atoms with Crippen LogP contribution in [0.15, 0.2) is 12.1 Å². The molecule has 1 aliphatic carbocycles. The zero-order valence-corrected chi connectivity index (χ0v) is 11.2. The predicted octanol–water partition coefficient (Wildman–Crippen LogP) is 3.73. The van der Waals surface area contributed by atoms with Crippen molar-refractivity contribution in [2.45, 2.75) is 38.6 Å². The Morgan fingerprint density at radius 1 is 1.38 bits per heavy atom. The zero-order chi connectivity index (χ0) is 11.5. The lowest BCUT2D eigenvalue weighted by atomic mass is 9.79. The highest BCUT2D eigenvalue weighted by Crippen LogP contribution is 2.39. The lowest BCUT2D eigenvalue weighted by molar-refractivity contribution is 0.234. The molecular weight excluding hydrogens is 240 g/mol. The molecule has 0 aromatic carbocycles. The molecule has 1 atom stereocenters. The molecule has 1 fully saturated rings. The Hall–Kier alpha value is -0.0900. The molecule has 0 saturated heterocycles. The summed E-state index contributed by atoms with van der Waals surface area (Å²) >= 11 is 7.61. The van der Waals surface area contributed by atoms with E-state index in [0.717, 1.165) is 10.3 Å². The van der Waals surface area contributed by atoms with Crippen LogP contribution in [0.3, 0.4) is 0 Å². The SMILES string of the molecule is CC1CCC(C(NN)c2ccc(Cl)s2)CC1. The van der Waals surface area contributed by atoms with E-state index in [1.54, 1.807) is 11.3 Å². The highest BCUT2D eigenvalue weighted by molar-refractivity contribution is 7.16. The summed E-state index contributed by atoms with van der Waals surface area (Å²) in [5, 5.41) is 0. The molecule has 1 heterocycles. The molecule has 16 heavy (non-hydrogen) atoms. The molecule has 3 N–H and O–H groups in total. The second-order valence-corrected chi connectivity index (χ2v) is 6.55. The van der Waals surface area contributed by atoms with Gasteiger partial charge >= 0.3 is 0 Å². The van der Waals surface area contributed by atoms with Crippen LogP contribution in [0.1, 0.15) is 43.5 Å². The maximum atomic E-state index is 5.97. The number of thiophene rings is 1. The Balaban J connectivity index is 2.05. The van der Waals surface area contributed by atoms with Gasteiger partial charge in [0.05, 0.1) is 10.4 Å². The van der Waals surface area contributed by atoms with Gasteiger partial charge in [0.15, 0.2) is 0 Å². The quantitative estimate of drug-likeness (QED) is 0.640. The van der Waals surface area contributed by atoms with Gasteiger partial charge < -0.3 is 0 Å². The van der Waals surface area contributed by atoms with Gasteiger partial charge in [0, 0.05) is 4.88 Å². The van der Waals surface area contributed by atoms with Gasteiger partial charge in [0.1, 0.15) is 0 Å². The van der Waals surface area contributed by atoms with Crippen molar-refractivity contribution in [1.82, 2.24) is 5.43 Å². The van der Waals surface area contributed by atoms with Crippen LogP contribution in [0.5, 0.6) is 0 Å². The third-order valence-corrected chi connectivity index (χ3v) is 4.93. The largest absolute Gasteiger partial charge is 0.271 e. The molecule has 1 aliphatic rings. The minimum atomic E-state index is 0.282. The van der Waals surface area contributed by atoms with Crippen molar-refractivity contribution < 1.29 is 0 Å². The van der Waals surface area contributed by atoms with Crippen LogP contribution in [0.2, 0.25) is 4.34 Å². The van der Waals surface area contributed by atoms with E-state index < -0.39 is 0 Å². The van der Waals surface area contributed by atoms with Gasteiger partial charge in [-0.3, -0.25) is 11.3 Å². The second kappa shape index (κ2) is 5.50. The summed E-state index contributed by atoms with van der Waals surface area (Å²) in [4.78, 5) is 1.27. The highest BCUT2D eigenvalue weighted by atomic mass is 35.5. The molecule has 2 nitrogen and oxygen atoms in total. The summed E-state index contributed by atoms with van der Waals surface area (Å²) < 4.78 is 0.847. The van der Waals surface area contributed by atoms with E-state index in [0.29, 0.717) is 5.92 Å². The Morgan fingerprint density at radius 2 is 2.06 bits per heavy atom. The fourth-order valence-corrected chi connectivity index (χ4v) is 3.78. The monoisotopic (exact) mass is 258 g/mol. The van der Waals surface area contributed by atoms with Gasteiger partial charge in [-0.05, 0) is 36.8 Å². The molecule has 1 aromatic rings. The van der Waals surface area contributed by atoms with Crippen molar-refractivity contribution >= 4 is 22.9 Å². The van der Waals surface area contributed by atoms with Gasteiger partial charge in [0.25, 0.3) is 0 Å². The van der Waals surface area contributed by atoms with Gasteiger partial charge in [-0.15, -0.1) is 11.3 Å². The first-order chi connectivity index (χ1) is 7.70. The molecule has 0 aliphatic heterocycles.